The van der Waals surface area contributed by atoms with Crippen LogP contribution in [0.1, 0.15) is 63.5 Å². The number of anilines is 2. The van der Waals surface area contributed by atoms with Crippen molar-refractivity contribution < 1.29 is 4.74 Å². The third kappa shape index (κ3) is 4.67. The van der Waals surface area contributed by atoms with E-state index >= 15 is 0 Å². The Labute approximate surface area is 183 Å². The van der Waals surface area contributed by atoms with E-state index in [1.165, 1.54) is 72.2 Å². The fourth-order valence-electron chi connectivity index (χ4n) is 4.85. The predicted octanol–water partition coefficient (Wildman–Crippen LogP) is 6.28. The Morgan fingerprint density at radius 3 is 2.13 bits per heavy atom. The zero-order chi connectivity index (χ0) is 20.9. The minimum Gasteiger partial charge on any atom is -0.376 e. The van der Waals surface area contributed by atoms with Crippen LogP contribution in [0.2, 0.25) is 0 Å². The molecule has 0 radical (unpaired) electrons. The normalized spacial score (nSPS) is 17.1. The van der Waals surface area contributed by atoms with Crippen molar-refractivity contribution in [1.82, 2.24) is 0 Å². The van der Waals surface area contributed by atoms with Crippen LogP contribution in [0.4, 0.5) is 11.4 Å². The smallest absolute Gasteiger partial charge is 0.0750 e. The van der Waals surface area contributed by atoms with Gasteiger partial charge in [0.2, 0.25) is 0 Å². The molecule has 0 spiro atoms. The van der Waals surface area contributed by atoms with E-state index in [0.717, 1.165) is 32.7 Å². The molecule has 2 aliphatic rings. The van der Waals surface area contributed by atoms with Gasteiger partial charge in [0.1, 0.15) is 0 Å². The number of hydrogen-bond acceptors (Lipinski definition) is 3. The first kappa shape index (κ1) is 21.2. The van der Waals surface area contributed by atoms with E-state index in [1.54, 1.807) is 0 Å². The monoisotopic (exact) mass is 406 g/mol. The lowest BCUT2D eigenvalue weighted by atomic mass is 10.0. The van der Waals surface area contributed by atoms with Crippen LogP contribution < -0.4 is 9.80 Å². The molecule has 0 aromatic heterocycles. The molecule has 2 aromatic carbocycles. The highest BCUT2D eigenvalue weighted by Crippen LogP contribution is 2.40. The second-order valence-corrected chi connectivity index (χ2v) is 9.07. The molecule has 0 amide bonds. The maximum absolute atomic E-state index is 5.85. The zero-order valence-electron chi connectivity index (χ0n) is 19.1. The van der Waals surface area contributed by atoms with Crippen molar-refractivity contribution in [3.05, 3.63) is 47.5 Å². The van der Waals surface area contributed by atoms with Crippen molar-refractivity contribution in [2.45, 2.75) is 64.9 Å². The quantitative estimate of drug-likeness (QED) is 0.394. The number of ether oxygens (including phenoxy) is 1. The summed E-state index contributed by atoms with van der Waals surface area (Å²) < 4.78 is 5.85. The summed E-state index contributed by atoms with van der Waals surface area (Å²) in [7, 11) is 2.20. The minimum atomic E-state index is 0.382. The first-order valence-electron chi connectivity index (χ1n) is 12.0. The summed E-state index contributed by atoms with van der Waals surface area (Å²) in [4.78, 5) is 4.96. The van der Waals surface area contributed by atoms with Gasteiger partial charge in [0.25, 0.3) is 0 Å². The maximum atomic E-state index is 5.85. The van der Waals surface area contributed by atoms with Gasteiger partial charge in [-0.2, -0.15) is 0 Å². The van der Waals surface area contributed by atoms with Gasteiger partial charge in [-0.1, -0.05) is 38.8 Å². The molecule has 1 fully saturated rings. The third-order valence-electron chi connectivity index (χ3n) is 6.73. The Bertz CT molecular complexity index is 833. The number of benzene rings is 2. The molecule has 4 rings (SSSR count). The van der Waals surface area contributed by atoms with Gasteiger partial charge in [-0.25, -0.2) is 0 Å². The Morgan fingerprint density at radius 1 is 0.900 bits per heavy atom. The lowest BCUT2D eigenvalue weighted by Gasteiger charge is -2.26. The van der Waals surface area contributed by atoms with E-state index < -0.39 is 0 Å². The number of hydrogen-bond donors (Lipinski definition) is 0. The summed E-state index contributed by atoms with van der Waals surface area (Å²) in [5, 5.41) is 0. The molecule has 1 atom stereocenters. The molecule has 0 saturated carbocycles. The molecular formula is C27H38N2O. The van der Waals surface area contributed by atoms with E-state index in [9.17, 15) is 0 Å². The van der Waals surface area contributed by atoms with Gasteiger partial charge in [-0.05, 0) is 78.6 Å². The molecule has 2 aromatic rings. The van der Waals surface area contributed by atoms with Crippen molar-refractivity contribution in [1.29, 1.82) is 0 Å². The van der Waals surface area contributed by atoms with Crippen molar-refractivity contribution >= 4 is 11.4 Å². The standard InChI is InChI=1S/C27H38N2O/c1-4-6-14-29(15-7-5-2)24-13-11-22-17-21-10-12-23(18-26(21)27(22)19-24)28(3)20-25-9-8-16-30-25/h10-13,18-19,25H,4-9,14-17,20H2,1-3H3. The SMILES string of the molecule is CCCCN(CCCC)c1ccc2c(c1)-c1cc(N(C)CC3CCCO3)ccc1C2. The fourth-order valence-corrected chi connectivity index (χ4v) is 4.85. The van der Waals surface area contributed by atoms with Crippen LogP contribution >= 0.6 is 0 Å². The molecule has 1 heterocycles. The van der Waals surface area contributed by atoms with E-state index in [1.807, 2.05) is 0 Å². The lowest BCUT2D eigenvalue weighted by Crippen LogP contribution is -2.28. The fraction of sp³-hybridized carbons (Fsp3) is 0.556. The maximum Gasteiger partial charge on any atom is 0.0750 e. The predicted molar refractivity (Wildman–Crippen MR) is 129 cm³/mol. The summed E-state index contributed by atoms with van der Waals surface area (Å²) >= 11 is 0. The topological polar surface area (TPSA) is 15.7 Å². The van der Waals surface area contributed by atoms with Crippen molar-refractivity contribution in [3.8, 4) is 11.1 Å². The summed E-state index contributed by atoms with van der Waals surface area (Å²) in [6.45, 7) is 8.79. The van der Waals surface area contributed by atoms with Crippen LogP contribution in [0, 0.1) is 0 Å². The Morgan fingerprint density at radius 2 is 1.53 bits per heavy atom. The summed E-state index contributed by atoms with van der Waals surface area (Å²) in [5.41, 5.74) is 8.49. The van der Waals surface area contributed by atoms with Crippen molar-refractivity contribution in [2.24, 2.45) is 0 Å². The molecule has 0 N–H and O–H groups in total. The van der Waals surface area contributed by atoms with Gasteiger partial charge in [0, 0.05) is 44.7 Å². The lowest BCUT2D eigenvalue weighted by molar-refractivity contribution is 0.116. The number of rotatable bonds is 10. The molecule has 1 unspecified atom stereocenters. The second-order valence-electron chi connectivity index (χ2n) is 9.07. The highest BCUT2D eigenvalue weighted by molar-refractivity contribution is 5.82. The number of fused-ring (bicyclic) bond motifs is 3. The zero-order valence-corrected chi connectivity index (χ0v) is 19.1. The van der Waals surface area contributed by atoms with Crippen LogP contribution in [0.5, 0.6) is 0 Å². The molecule has 162 valence electrons. The van der Waals surface area contributed by atoms with Crippen molar-refractivity contribution in [2.75, 3.05) is 43.1 Å². The first-order chi connectivity index (χ1) is 14.7. The largest absolute Gasteiger partial charge is 0.376 e. The molecule has 3 heteroatoms. The highest BCUT2D eigenvalue weighted by atomic mass is 16.5. The summed E-state index contributed by atoms with van der Waals surface area (Å²) in [6.07, 6.45) is 8.84. The van der Waals surface area contributed by atoms with Crippen molar-refractivity contribution in [3.63, 3.8) is 0 Å². The Balaban J connectivity index is 1.57. The molecule has 1 saturated heterocycles. The highest BCUT2D eigenvalue weighted by Gasteiger charge is 2.22. The minimum absolute atomic E-state index is 0.382. The van der Waals surface area contributed by atoms with E-state index in [0.29, 0.717) is 6.10 Å². The average molecular weight is 407 g/mol. The van der Waals surface area contributed by atoms with Crippen LogP contribution in [0.15, 0.2) is 36.4 Å². The molecule has 0 bridgehead atoms. The molecular weight excluding hydrogens is 368 g/mol. The number of unbranched alkanes of at least 4 members (excludes halogenated alkanes) is 2. The molecule has 1 aliphatic carbocycles. The Kier molecular flexibility index (Phi) is 6.99. The van der Waals surface area contributed by atoms with Crippen LogP contribution in [-0.2, 0) is 11.2 Å². The van der Waals surface area contributed by atoms with Gasteiger partial charge < -0.3 is 14.5 Å². The number of likely N-dealkylation sites (N-methyl/N-ethyl adjacent to an activating group) is 1. The second kappa shape index (κ2) is 9.87. The van der Waals surface area contributed by atoms with Gasteiger partial charge in [0.15, 0.2) is 0 Å². The van der Waals surface area contributed by atoms with Gasteiger partial charge >= 0.3 is 0 Å². The molecule has 1 aliphatic heterocycles. The van der Waals surface area contributed by atoms with E-state index in [4.69, 9.17) is 4.74 Å². The van der Waals surface area contributed by atoms with Gasteiger partial charge in [-0.3, -0.25) is 0 Å². The van der Waals surface area contributed by atoms with Crippen LogP contribution in [0.3, 0.4) is 0 Å². The first-order valence-corrected chi connectivity index (χ1v) is 12.0. The average Bonchev–Trinajstić information content (AvgIpc) is 3.40. The van der Waals surface area contributed by atoms with Gasteiger partial charge in [0.05, 0.1) is 6.10 Å². The summed E-state index contributed by atoms with van der Waals surface area (Å²) in [6, 6.07) is 14.2. The number of nitrogens with zero attached hydrogens (tertiary/aromatic N) is 2. The van der Waals surface area contributed by atoms with E-state index in [2.05, 4.69) is 67.1 Å². The van der Waals surface area contributed by atoms with Crippen LogP contribution in [0.25, 0.3) is 11.1 Å². The third-order valence-corrected chi connectivity index (χ3v) is 6.73. The summed E-state index contributed by atoms with van der Waals surface area (Å²) in [5.74, 6) is 0. The molecule has 30 heavy (non-hydrogen) atoms. The van der Waals surface area contributed by atoms with Crippen LogP contribution in [-0.4, -0.2) is 39.4 Å². The van der Waals surface area contributed by atoms with Gasteiger partial charge in [-0.15, -0.1) is 0 Å². The van der Waals surface area contributed by atoms with E-state index in [-0.39, 0.29) is 0 Å². The molecule has 3 nitrogen and oxygen atoms in total. The Hall–Kier alpha value is -2.00.